The van der Waals surface area contributed by atoms with Crippen LogP contribution in [0.15, 0.2) is 54.7 Å². The summed E-state index contributed by atoms with van der Waals surface area (Å²) in [5, 5.41) is 17.2. The minimum Gasteiger partial charge on any atom is -0.497 e. The summed E-state index contributed by atoms with van der Waals surface area (Å²) >= 11 is 0. The van der Waals surface area contributed by atoms with Gasteiger partial charge in [0.25, 0.3) is 0 Å². The fourth-order valence-electron chi connectivity index (χ4n) is 2.62. The van der Waals surface area contributed by atoms with E-state index in [1.165, 1.54) is 38.1 Å². The first-order chi connectivity index (χ1) is 14.8. The number of aromatic nitrogens is 3. The van der Waals surface area contributed by atoms with Gasteiger partial charge in [-0.2, -0.15) is 0 Å². The van der Waals surface area contributed by atoms with E-state index in [1.807, 2.05) is 24.3 Å². The fourth-order valence-corrected chi connectivity index (χ4v) is 2.62. The molecule has 3 rings (SSSR count). The molecule has 0 saturated heterocycles. The average molecular weight is 425 g/mol. The number of rotatable bonds is 9. The van der Waals surface area contributed by atoms with E-state index in [0.717, 1.165) is 11.3 Å². The van der Waals surface area contributed by atoms with Gasteiger partial charge in [0, 0.05) is 0 Å². The Morgan fingerprint density at radius 1 is 1.03 bits per heavy atom. The highest BCUT2D eigenvalue weighted by atomic mass is 16.5. The van der Waals surface area contributed by atoms with Crippen molar-refractivity contribution in [2.75, 3.05) is 7.11 Å². The number of hydrogen-bond donors (Lipinski definition) is 1. The van der Waals surface area contributed by atoms with Crippen molar-refractivity contribution in [3.8, 4) is 11.5 Å². The number of carboxylic acid groups (broad SMARTS) is 1. The van der Waals surface area contributed by atoms with Gasteiger partial charge in [0.2, 0.25) is 0 Å². The Bertz CT molecular complexity index is 1040. The quantitative estimate of drug-likeness (QED) is 0.521. The summed E-state index contributed by atoms with van der Waals surface area (Å²) in [6.45, 7) is 3.39. The number of carboxylic acids is 1. The molecule has 0 aliphatic heterocycles. The van der Waals surface area contributed by atoms with Crippen LogP contribution in [-0.4, -0.2) is 44.7 Å². The van der Waals surface area contributed by atoms with Gasteiger partial charge in [0.05, 0.1) is 25.4 Å². The van der Waals surface area contributed by atoms with Gasteiger partial charge < -0.3 is 19.3 Å². The van der Waals surface area contributed by atoms with Crippen LogP contribution in [0.3, 0.4) is 0 Å². The standard InChI is InChI=1S/C22H23N3O6/c1-22(2,21(27)28)31-19-10-6-16(7-11-19)20(26)30-14-17-13-25(24-23-17)12-15-4-8-18(29-3)9-5-15/h4-11,13H,12,14H2,1-3H3,(H,27,28). The second kappa shape index (κ2) is 9.29. The summed E-state index contributed by atoms with van der Waals surface area (Å²) in [5.74, 6) is -0.504. The Balaban J connectivity index is 1.53. The molecule has 0 saturated carbocycles. The molecule has 2 aromatic carbocycles. The molecule has 31 heavy (non-hydrogen) atoms. The monoisotopic (exact) mass is 425 g/mol. The number of hydrogen-bond acceptors (Lipinski definition) is 7. The minimum absolute atomic E-state index is 0.0221. The van der Waals surface area contributed by atoms with Crippen LogP contribution in [0.5, 0.6) is 11.5 Å². The summed E-state index contributed by atoms with van der Waals surface area (Å²) in [7, 11) is 1.61. The molecule has 0 spiro atoms. The Kier molecular flexibility index (Phi) is 6.54. The van der Waals surface area contributed by atoms with Gasteiger partial charge in [-0.15, -0.1) is 5.10 Å². The van der Waals surface area contributed by atoms with Gasteiger partial charge in [-0.3, -0.25) is 0 Å². The second-order valence-electron chi connectivity index (χ2n) is 7.27. The number of aliphatic carboxylic acids is 1. The first kappa shape index (κ1) is 21.8. The van der Waals surface area contributed by atoms with Crippen molar-refractivity contribution in [1.82, 2.24) is 15.0 Å². The zero-order valence-corrected chi connectivity index (χ0v) is 17.4. The maximum atomic E-state index is 12.3. The van der Waals surface area contributed by atoms with Crippen LogP contribution in [0.2, 0.25) is 0 Å². The zero-order chi connectivity index (χ0) is 22.4. The molecule has 162 valence electrons. The fraction of sp³-hybridized carbons (Fsp3) is 0.273. The predicted octanol–water partition coefficient (Wildman–Crippen LogP) is 2.93. The molecule has 9 heteroatoms. The van der Waals surface area contributed by atoms with Crippen LogP contribution in [0.1, 0.15) is 35.5 Å². The van der Waals surface area contributed by atoms with E-state index in [2.05, 4.69) is 10.3 Å². The molecule has 1 heterocycles. The Morgan fingerprint density at radius 2 is 1.68 bits per heavy atom. The van der Waals surface area contributed by atoms with Crippen molar-refractivity contribution in [2.45, 2.75) is 32.6 Å². The van der Waals surface area contributed by atoms with Crippen LogP contribution >= 0.6 is 0 Å². The third-order valence-electron chi connectivity index (χ3n) is 4.42. The molecule has 1 N–H and O–H groups in total. The summed E-state index contributed by atoms with van der Waals surface area (Å²) in [6.07, 6.45) is 1.71. The van der Waals surface area contributed by atoms with E-state index in [1.54, 1.807) is 18.0 Å². The van der Waals surface area contributed by atoms with Gasteiger partial charge in [-0.05, 0) is 55.8 Å². The van der Waals surface area contributed by atoms with Crippen LogP contribution < -0.4 is 9.47 Å². The molecule has 3 aromatic rings. The molecular weight excluding hydrogens is 402 g/mol. The Hall–Kier alpha value is -3.88. The summed E-state index contributed by atoms with van der Waals surface area (Å²) < 4.78 is 17.5. The van der Waals surface area contributed by atoms with Crippen molar-refractivity contribution in [2.24, 2.45) is 0 Å². The van der Waals surface area contributed by atoms with Gasteiger partial charge in [0.1, 0.15) is 23.8 Å². The maximum Gasteiger partial charge on any atom is 0.347 e. The lowest BCUT2D eigenvalue weighted by Gasteiger charge is -2.21. The molecule has 0 amide bonds. The number of methoxy groups -OCH3 is 1. The number of nitrogens with zero attached hydrogens (tertiary/aromatic N) is 3. The average Bonchev–Trinajstić information content (AvgIpc) is 3.20. The molecule has 0 unspecified atom stereocenters. The van der Waals surface area contributed by atoms with Crippen molar-refractivity contribution >= 4 is 11.9 Å². The summed E-state index contributed by atoms with van der Waals surface area (Å²) in [4.78, 5) is 23.4. The number of esters is 1. The molecule has 1 aromatic heterocycles. The number of carbonyl (C=O) groups is 2. The zero-order valence-electron chi connectivity index (χ0n) is 17.4. The molecule has 0 atom stereocenters. The maximum absolute atomic E-state index is 12.3. The van der Waals surface area contributed by atoms with Crippen LogP contribution in [0.25, 0.3) is 0 Å². The van der Waals surface area contributed by atoms with Crippen LogP contribution in [0.4, 0.5) is 0 Å². The molecular formula is C22H23N3O6. The number of benzene rings is 2. The normalized spacial score (nSPS) is 11.1. The van der Waals surface area contributed by atoms with Crippen molar-refractivity contribution in [3.63, 3.8) is 0 Å². The smallest absolute Gasteiger partial charge is 0.347 e. The SMILES string of the molecule is COc1ccc(Cn2cc(COC(=O)c3ccc(OC(C)(C)C(=O)O)cc3)nn2)cc1. The van der Waals surface area contributed by atoms with E-state index in [4.69, 9.17) is 19.3 Å². The van der Waals surface area contributed by atoms with E-state index >= 15 is 0 Å². The molecule has 0 bridgehead atoms. The Labute approximate surface area is 179 Å². The lowest BCUT2D eigenvalue weighted by molar-refractivity contribution is -0.152. The topological polar surface area (TPSA) is 113 Å². The van der Waals surface area contributed by atoms with E-state index in [9.17, 15) is 9.59 Å². The van der Waals surface area contributed by atoms with E-state index in [-0.39, 0.29) is 6.61 Å². The van der Waals surface area contributed by atoms with Crippen LogP contribution in [-0.2, 0) is 22.7 Å². The number of ether oxygens (including phenoxy) is 3. The Morgan fingerprint density at radius 3 is 2.29 bits per heavy atom. The lowest BCUT2D eigenvalue weighted by Crippen LogP contribution is -2.37. The third-order valence-corrected chi connectivity index (χ3v) is 4.42. The molecule has 9 nitrogen and oxygen atoms in total. The second-order valence-corrected chi connectivity index (χ2v) is 7.27. The largest absolute Gasteiger partial charge is 0.497 e. The van der Waals surface area contributed by atoms with Crippen LogP contribution in [0, 0.1) is 0 Å². The highest BCUT2D eigenvalue weighted by molar-refractivity contribution is 5.89. The van der Waals surface area contributed by atoms with Gasteiger partial charge >= 0.3 is 11.9 Å². The molecule has 0 radical (unpaired) electrons. The van der Waals surface area contributed by atoms with Gasteiger partial charge in [-0.25, -0.2) is 14.3 Å². The molecule has 0 fully saturated rings. The molecule has 0 aliphatic carbocycles. The predicted molar refractivity (Wildman–Crippen MR) is 110 cm³/mol. The van der Waals surface area contributed by atoms with Crippen molar-refractivity contribution in [3.05, 3.63) is 71.5 Å². The van der Waals surface area contributed by atoms with Gasteiger partial charge in [-0.1, -0.05) is 17.3 Å². The first-order valence-corrected chi connectivity index (χ1v) is 9.48. The number of carbonyl (C=O) groups excluding carboxylic acids is 1. The summed E-state index contributed by atoms with van der Waals surface area (Å²) in [5.41, 5.74) is 0.485. The van der Waals surface area contributed by atoms with Gasteiger partial charge in [0.15, 0.2) is 5.60 Å². The highest BCUT2D eigenvalue weighted by Crippen LogP contribution is 2.20. The van der Waals surface area contributed by atoms with Crippen molar-refractivity contribution in [1.29, 1.82) is 0 Å². The van der Waals surface area contributed by atoms with E-state index < -0.39 is 17.5 Å². The van der Waals surface area contributed by atoms with E-state index in [0.29, 0.717) is 23.6 Å². The summed E-state index contributed by atoms with van der Waals surface area (Å²) in [6, 6.07) is 13.7. The van der Waals surface area contributed by atoms with Crippen molar-refractivity contribution < 1.29 is 28.9 Å². The third kappa shape index (κ3) is 5.81. The first-order valence-electron chi connectivity index (χ1n) is 9.48. The molecule has 0 aliphatic rings. The minimum atomic E-state index is -1.38. The highest BCUT2D eigenvalue weighted by Gasteiger charge is 2.29. The lowest BCUT2D eigenvalue weighted by atomic mass is 10.1.